The lowest BCUT2D eigenvalue weighted by atomic mass is 10.1. The molecule has 0 saturated carbocycles. The number of carbonyl (C=O) groups is 1. The van der Waals surface area contributed by atoms with Gasteiger partial charge in [0.1, 0.15) is 0 Å². The van der Waals surface area contributed by atoms with Gasteiger partial charge < -0.3 is 9.47 Å². The molecular formula is C20H19N3OS2. The molecule has 0 bridgehead atoms. The number of rotatable bonds is 4. The van der Waals surface area contributed by atoms with Crippen molar-refractivity contribution in [2.24, 2.45) is 7.05 Å². The van der Waals surface area contributed by atoms with E-state index in [0.29, 0.717) is 5.75 Å². The molecule has 2 heterocycles. The maximum atomic E-state index is 13.2. The van der Waals surface area contributed by atoms with Gasteiger partial charge in [-0.25, -0.2) is 4.98 Å². The molecule has 1 atom stereocenters. The Morgan fingerprint density at radius 2 is 1.96 bits per heavy atom. The van der Waals surface area contributed by atoms with Crippen molar-refractivity contribution in [2.75, 3.05) is 16.4 Å². The third-order valence-electron chi connectivity index (χ3n) is 4.39. The molecule has 6 heteroatoms. The molecule has 0 unspecified atom stereocenters. The summed E-state index contributed by atoms with van der Waals surface area (Å²) in [4.78, 5) is 20.6. The van der Waals surface area contributed by atoms with Gasteiger partial charge in [0.2, 0.25) is 5.91 Å². The van der Waals surface area contributed by atoms with Crippen LogP contribution in [-0.2, 0) is 11.8 Å². The van der Waals surface area contributed by atoms with Gasteiger partial charge in [0.05, 0.1) is 17.5 Å². The molecule has 0 spiro atoms. The SMILES string of the molecule is Cn1ccnc1SCC(=O)N1c2ccccc2SC[C@@H]1c1ccccc1. The molecule has 3 aromatic rings. The fourth-order valence-electron chi connectivity index (χ4n) is 3.10. The van der Waals surface area contributed by atoms with Crippen molar-refractivity contribution < 1.29 is 4.79 Å². The first-order valence-corrected chi connectivity index (χ1v) is 10.4. The summed E-state index contributed by atoms with van der Waals surface area (Å²) in [6, 6.07) is 18.5. The lowest BCUT2D eigenvalue weighted by Gasteiger charge is -2.37. The van der Waals surface area contributed by atoms with Crippen LogP contribution < -0.4 is 4.90 Å². The molecule has 4 nitrogen and oxygen atoms in total. The predicted molar refractivity (Wildman–Crippen MR) is 108 cm³/mol. The van der Waals surface area contributed by atoms with E-state index in [1.807, 2.05) is 70.9 Å². The molecule has 4 rings (SSSR count). The lowest BCUT2D eigenvalue weighted by molar-refractivity contribution is -0.116. The van der Waals surface area contributed by atoms with Crippen molar-refractivity contribution in [1.82, 2.24) is 9.55 Å². The van der Waals surface area contributed by atoms with Crippen LogP contribution >= 0.6 is 23.5 Å². The van der Waals surface area contributed by atoms with Crippen molar-refractivity contribution in [3.63, 3.8) is 0 Å². The van der Waals surface area contributed by atoms with E-state index < -0.39 is 0 Å². The summed E-state index contributed by atoms with van der Waals surface area (Å²) in [6.45, 7) is 0. The number of nitrogens with zero attached hydrogens (tertiary/aromatic N) is 3. The Bertz CT molecular complexity index is 910. The largest absolute Gasteiger partial charge is 0.329 e. The van der Waals surface area contributed by atoms with Gasteiger partial charge in [-0.05, 0) is 17.7 Å². The number of carbonyl (C=O) groups excluding carboxylic acids is 1. The molecule has 132 valence electrons. The highest BCUT2D eigenvalue weighted by Gasteiger charge is 2.32. The zero-order valence-corrected chi connectivity index (χ0v) is 16.0. The first-order valence-electron chi connectivity index (χ1n) is 8.43. The van der Waals surface area contributed by atoms with E-state index in [1.165, 1.54) is 17.3 Å². The second-order valence-corrected chi connectivity index (χ2v) is 8.08. The molecule has 0 N–H and O–H groups in total. The molecule has 26 heavy (non-hydrogen) atoms. The fraction of sp³-hybridized carbons (Fsp3) is 0.200. The standard InChI is InChI=1S/C20H19N3OS2/c1-22-12-11-21-20(22)26-14-19(24)23-16-9-5-6-10-18(16)25-13-17(23)15-7-3-2-4-8-15/h2-12,17H,13-14H2,1H3/t17-/m1/s1. The van der Waals surface area contributed by atoms with Gasteiger partial charge in [0, 0.05) is 30.1 Å². The molecule has 0 fully saturated rings. The van der Waals surface area contributed by atoms with E-state index in [0.717, 1.165) is 21.5 Å². The van der Waals surface area contributed by atoms with Gasteiger partial charge >= 0.3 is 0 Å². The minimum atomic E-state index is 0.0468. The number of hydrogen-bond acceptors (Lipinski definition) is 4. The smallest absolute Gasteiger partial charge is 0.238 e. The third kappa shape index (κ3) is 3.39. The fourth-order valence-corrected chi connectivity index (χ4v) is 5.06. The Kier molecular flexibility index (Phi) is 5.04. The van der Waals surface area contributed by atoms with Gasteiger partial charge in [0.25, 0.3) is 0 Å². The minimum Gasteiger partial charge on any atom is -0.329 e. The number of thioether (sulfide) groups is 2. The van der Waals surface area contributed by atoms with Crippen LogP contribution in [0.1, 0.15) is 11.6 Å². The van der Waals surface area contributed by atoms with Crippen molar-refractivity contribution in [1.29, 1.82) is 0 Å². The van der Waals surface area contributed by atoms with Crippen molar-refractivity contribution in [3.8, 4) is 0 Å². The van der Waals surface area contributed by atoms with Crippen LogP contribution in [0.15, 0.2) is 77.0 Å². The van der Waals surface area contributed by atoms with Crippen LogP contribution in [-0.4, -0.2) is 27.0 Å². The Morgan fingerprint density at radius 1 is 1.19 bits per heavy atom. The average Bonchev–Trinajstić information content (AvgIpc) is 3.10. The van der Waals surface area contributed by atoms with Gasteiger partial charge in [-0.15, -0.1) is 11.8 Å². The number of para-hydroxylation sites is 1. The monoisotopic (exact) mass is 381 g/mol. The highest BCUT2D eigenvalue weighted by molar-refractivity contribution is 8.00. The normalized spacial score (nSPS) is 16.3. The van der Waals surface area contributed by atoms with Crippen LogP contribution in [0, 0.1) is 0 Å². The second kappa shape index (κ2) is 7.60. The Labute approximate surface area is 161 Å². The Morgan fingerprint density at radius 3 is 2.73 bits per heavy atom. The maximum Gasteiger partial charge on any atom is 0.238 e. The van der Waals surface area contributed by atoms with Gasteiger partial charge in [-0.3, -0.25) is 4.79 Å². The maximum absolute atomic E-state index is 13.2. The third-order valence-corrected chi connectivity index (χ3v) is 6.57. The van der Waals surface area contributed by atoms with E-state index >= 15 is 0 Å². The molecule has 1 aromatic heterocycles. The molecule has 1 aliphatic heterocycles. The lowest BCUT2D eigenvalue weighted by Crippen LogP contribution is -2.39. The number of amides is 1. The number of aromatic nitrogens is 2. The molecule has 0 saturated heterocycles. The molecule has 1 aliphatic rings. The zero-order chi connectivity index (χ0) is 17.9. The summed E-state index contributed by atoms with van der Waals surface area (Å²) in [5.74, 6) is 1.34. The van der Waals surface area contributed by atoms with Gasteiger partial charge in [-0.2, -0.15) is 0 Å². The summed E-state index contributed by atoms with van der Waals surface area (Å²) in [6.07, 6.45) is 3.65. The quantitative estimate of drug-likeness (QED) is 0.628. The summed E-state index contributed by atoms with van der Waals surface area (Å²) in [7, 11) is 1.94. The van der Waals surface area contributed by atoms with Crippen molar-refractivity contribution in [2.45, 2.75) is 16.1 Å². The van der Waals surface area contributed by atoms with Gasteiger partial charge in [-0.1, -0.05) is 54.2 Å². The van der Waals surface area contributed by atoms with E-state index in [4.69, 9.17) is 0 Å². The number of imidazole rings is 1. The van der Waals surface area contributed by atoms with Crippen LogP contribution in [0.4, 0.5) is 5.69 Å². The summed E-state index contributed by atoms with van der Waals surface area (Å²) in [5, 5.41) is 0.856. The molecular weight excluding hydrogens is 362 g/mol. The Hall–Kier alpha value is -2.18. The number of aryl methyl sites for hydroxylation is 1. The van der Waals surface area contributed by atoms with E-state index in [2.05, 4.69) is 23.2 Å². The number of anilines is 1. The summed E-state index contributed by atoms with van der Waals surface area (Å²) in [5.41, 5.74) is 2.17. The number of hydrogen-bond donors (Lipinski definition) is 0. The minimum absolute atomic E-state index is 0.0468. The van der Waals surface area contributed by atoms with E-state index in [-0.39, 0.29) is 11.9 Å². The highest BCUT2D eigenvalue weighted by Crippen LogP contribution is 2.43. The average molecular weight is 382 g/mol. The second-order valence-electron chi connectivity index (χ2n) is 6.08. The van der Waals surface area contributed by atoms with E-state index in [1.54, 1.807) is 6.20 Å². The molecule has 0 aliphatic carbocycles. The van der Waals surface area contributed by atoms with Gasteiger partial charge in [0.15, 0.2) is 5.16 Å². The molecule has 0 radical (unpaired) electrons. The molecule has 2 aromatic carbocycles. The van der Waals surface area contributed by atoms with Crippen LogP contribution in [0.2, 0.25) is 0 Å². The Balaban J connectivity index is 1.64. The summed E-state index contributed by atoms with van der Waals surface area (Å²) >= 11 is 3.30. The van der Waals surface area contributed by atoms with Crippen molar-refractivity contribution >= 4 is 35.1 Å². The molecule has 1 amide bonds. The number of benzene rings is 2. The first-order chi connectivity index (χ1) is 12.7. The predicted octanol–water partition coefficient (Wildman–Crippen LogP) is 4.39. The van der Waals surface area contributed by atoms with Crippen LogP contribution in [0.25, 0.3) is 0 Å². The van der Waals surface area contributed by atoms with Crippen molar-refractivity contribution in [3.05, 3.63) is 72.6 Å². The number of fused-ring (bicyclic) bond motifs is 1. The van der Waals surface area contributed by atoms with E-state index in [9.17, 15) is 4.79 Å². The highest BCUT2D eigenvalue weighted by atomic mass is 32.2. The topological polar surface area (TPSA) is 38.1 Å². The van der Waals surface area contributed by atoms with Crippen LogP contribution in [0.3, 0.4) is 0 Å². The van der Waals surface area contributed by atoms with Crippen LogP contribution in [0.5, 0.6) is 0 Å². The summed E-state index contributed by atoms with van der Waals surface area (Å²) < 4.78 is 1.94. The first kappa shape index (κ1) is 17.2. The zero-order valence-electron chi connectivity index (χ0n) is 14.4.